The number of nitrogens with zero attached hydrogens (tertiary/aromatic N) is 3. The zero-order valence-corrected chi connectivity index (χ0v) is 18.5. The molecule has 2 aliphatic rings. The number of nitrogens with one attached hydrogen (secondary N) is 1. The van der Waals surface area contributed by atoms with Crippen LogP contribution in [0.2, 0.25) is 0 Å². The first kappa shape index (κ1) is 21.9. The van der Waals surface area contributed by atoms with Gasteiger partial charge in [0.15, 0.2) is 5.69 Å². The van der Waals surface area contributed by atoms with Crippen molar-refractivity contribution >= 4 is 15.9 Å². The van der Waals surface area contributed by atoms with Crippen molar-refractivity contribution in [3.05, 3.63) is 52.3 Å². The van der Waals surface area contributed by atoms with Crippen molar-refractivity contribution in [1.29, 1.82) is 0 Å². The summed E-state index contributed by atoms with van der Waals surface area (Å²) in [4.78, 5) is 14.7. The van der Waals surface area contributed by atoms with E-state index in [4.69, 9.17) is 9.47 Å². The van der Waals surface area contributed by atoms with Crippen LogP contribution in [0.25, 0.3) is 0 Å². The zero-order chi connectivity index (χ0) is 21.8. The molecule has 10 heteroatoms. The molecule has 0 bridgehead atoms. The fourth-order valence-corrected chi connectivity index (χ4v) is 4.98. The molecule has 0 atom stereocenters. The minimum Gasteiger partial charge on any atom is -0.378 e. The Morgan fingerprint density at radius 3 is 2.61 bits per heavy atom. The number of aromatic nitrogens is 2. The van der Waals surface area contributed by atoms with Gasteiger partial charge < -0.3 is 14.4 Å². The van der Waals surface area contributed by atoms with Crippen molar-refractivity contribution < 1.29 is 22.7 Å². The zero-order valence-electron chi connectivity index (χ0n) is 17.7. The molecule has 1 amide bonds. The maximum Gasteiger partial charge on any atom is 0.274 e. The van der Waals surface area contributed by atoms with E-state index in [0.717, 1.165) is 22.4 Å². The van der Waals surface area contributed by atoms with Crippen LogP contribution in [0.3, 0.4) is 0 Å². The molecule has 31 heavy (non-hydrogen) atoms. The smallest absolute Gasteiger partial charge is 0.274 e. The van der Waals surface area contributed by atoms with Crippen molar-refractivity contribution in [3.8, 4) is 0 Å². The van der Waals surface area contributed by atoms with Gasteiger partial charge in [-0.3, -0.25) is 9.48 Å². The Bertz CT molecular complexity index is 1030. The van der Waals surface area contributed by atoms with Crippen LogP contribution in [0.4, 0.5) is 0 Å². The number of morpholine rings is 1. The highest BCUT2D eigenvalue weighted by molar-refractivity contribution is 7.88. The molecule has 4 rings (SSSR count). The van der Waals surface area contributed by atoms with Gasteiger partial charge in [0, 0.05) is 37.3 Å². The Hall–Kier alpha value is -2.27. The molecule has 0 radical (unpaired) electrons. The van der Waals surface area contributed by atoms with E-state index in [1.807, 2.05) is 31.2 Å². The maximum absolute atomic E-state index is 13.0. The average molecular weight is 449 g/mol. The summed E-state index contributed by atoms with van der Waals surface area (Å²) in [5, 5.41) is 4.55. The first-order chi connectivity index (χ1) is 14.9. The summed E-state index contributed by atoms with van der Waals surface area (Å²) < 4.78 is 40.2. The van der Waals surface area contributed by atoms with E-state index in [1.54, 1.807) is 9.58 Å². The van der Waals surface area contributed by atoms with Gasteiger partial charge in [-0.05, 0) is 12.5 Å². The van der Waals surface area contributed by atoms with Gasteiger partial charge in [-0.2, -0.15) is 5.10 Å². The lowest BCUT2D eigenvalue weighted by molar-refractivity contribution is 0.0294. The van der Waals surface area contributed by atoms with Crippen LogP contribution in [-0.4, -0.2) is 68.5 Å². The number of carbonyl (C=O) groups is 1. The third kappa shape index (κ3) is 5.32. The average Bonchev–Trinajstić information content (AvgIpc) is 3.14. The van der Waals surface area contributed by atoms with Crippen molar-refractivity contribution in [3.63, 3.8) is 0 Å². The molecule has 3 heterocycles. The van der Waals surface area contributed by atoms with Gasteiger partial charge in [0.1, 0.15) is 0 Å². The minimum atomic E-state index is -3.47. The molecule has 0 aliphatic carbocycles. The number of hydrogen-bond acceptors (Lipinski definition) is 6. The van der Waals surface area contributed by atoms with E-state index in [1.165, 1.54) is 0 Å². The lowest BCUT2D eigenvalue weighted by Gasteiger charge is -2.26. The van der Waals surface area contributed by atoms with E-state index in [2.05, 4.69) is 9.82 Å². The van der Waals surface area contributed by atoms with Crippen LogP contribution in [0.1, 0.15) is 32.9 Å². The van der Waals surface area contributed by atoms with Crippen LogP contribution >= 0.6 is 0 Å². The van der Waals surface area contributed by atoms with Crippen molar-refractivity contribution in [2.75, 3.05) is 39.5 Å². The van der Waals surface area contributed by atoms with E-state index in [9.17, 15) is 13.2 Å². The summed E-state index contributed by atoms with van der Waals surface area (Å²) in [7, 11) is -3.47. The molecule has 0 spiro atoms. The summed E-state index contributed by atoms with van der Waals surface area (Å²) in [6, 6.07) is 7.44. The summed E-state index contributed by atoms with van der Waals surface area (Å²) in [5.41, 5.74) is 3.99. The van der Waals surface area contributed by atoms with Crippen LogP contribution in [0, 0.1) is 6.92 Å². The number of hydrogen-bond donors (Lipinski definition) is 1. The lowest BCUT2D eigenvalue weighted by Crippen LogP contribution is -2.41. The van der Waals surface area contributed by atoms with E-state index in [-0.39, 0.29) is 18.2 Å². The normalized spacial score (nSPS) is 16.9. The number of ether oxygens (including phenoxy) is 2. The number of sulfonamides is 1. The summed E-state index contributed by atoms with van der Waals surface area (Å²) in [6.45, 7) is 5.55. The lowest BCUT2D eigenvalue weighted by atomic mass is 10.1. The highest BCUT2D eigenvalue weighted by Crippen LogP contribution is 2.22. The molecule has 168 valence electrons. The second-order valence-corrected chi connectivity index (χ2v) is 9.65. The van der Waals surface area contributed by atoms with Gasteiger partial charge in [0.2, 0.25) is 10.0 Å². The molecule has 1 N–H and O–H groups in total. The molecule has 1 aromatic heterocycles. The first-order valence-electron chi connectivity index (χ1n) is 10.5. The fourth-order valence-electron chi connectivity index (χ4n) is 3.84. The van der Waals surface area contributed by atoms with Gasteiger partial charge in [-0.25, -0.2) is 13.1 Å². The summed E-state index contributed by atoms with van der Waals surface area (Å²) >= 11 is 0. The number of benzene rings is 1. The number of rotatable bonds is 7. The van der Waals surface area contributed by atoms with Crippen molar-refractivity contribution in [2.45, 2.75) is 32.2 Å². The van der Waals surface area contributed by atoms with E-state index in [0.29, 0.717) is 58.2 Å². The van der Waals surface area contributed by atoms with Crippen LogP contribution in [0.5, 0.6) is 0 Å². The summed E-state index contributed by atoms with van der Waals surface area (Å²) in [6.07, 6.45) is 0.648. The molecular formula is C21H28N4O5S. The van der Waals surface area contributed by atoms with Crippen molar-refractivity contribution in [1.82, 2.24) is 19.4 Å². The van der Waals surface area contributed by atoms with Crippen molar-refractivity contribution in [2.24, 2.45) is 0 Å². The number of aryl methyl sites for hydroxylation is 1. The highest BCUT2D eigenvalue weighted by atomic mass is 32.2. The molecule has 9 nitrogen and oxygen atoms in total. The SMILES string of the molecule is Cc1ccc(CS(=O)(=O)NCCn2nc(C(=O)N3CCOCC3)c3c2CCOC3)cc1. The molecular weight excluding hydrogens is 420 g/mol. The molecule has 0 saturated carbocycles. The minimum absolute atomic E-state index is 0.0703. The Balaban J connectivity index is 1.43. The summed E-state index contributed by atoms with van der Waals surface area (Å²) in [5.74, 6) is -0.192. The third-order valence-corrected chi connectivity index (χ3v) is 6.88. The molecule has 2 aliphatic heterocycles. The standard InChI is InChI=1S/C21H28N4O5S/c1-16-2-4-17(5-3-16)15-31(27,28)22-7-8-25-19-6-11-30-14-18(19)20(23-25)21(26)24-9-12-29-13-10-24/h2-5,22H,6-15H2,1H3. The monoisotopic (exact) mass is 448 g/mol. The maximum atomic E-state index is 13.0. The second-order valence-electron chi connectivity index (χ2n) is 7.84. The van der Waals surface area contributed by atoms with E-state index < -0.39 is 10.0 Å². The Morgan fingerprint density at radius 2 is 1.87 bits per heavy atom. The van der Waals surface area contributed by atoms with Crippen LogP contribution < -0.4 is 4.72 Å². The highest BCUT2D eigenvalue weighted by Gasteiger charge is 2.29. The van der Waals surface area contributed by atoms with Gasteiger partial charge in [-0.1, -0.05) is 29.8 Å². The number of fused-ring (bicyclic) bond motifs is 1. The second kappa shape index (κ2) is 9.47. The molecule has 1 fully saturated rings. The Kier molecular flexibility index (Phi) is 6.71. The quantitative estimate of drug-likeness (QED) is 0.674. The third-order valence-electron chi connectivity index (χ3n) is 5.52. The van der Waals surface area contributed by atoms with Gasteiger partial charge in [0.05, 0.1) is 38.7 Å². The fraction of sp³-hybridized carbons (Fsp3) is 0.524. The molecule has 2 aromatic rings. The predicted octanol–water partition coefficient (Wildman–Crippen LogP) is 0.856. The predicted molar refractivity (Wildman–Crippen MR) is 114 cm³/mol. The molecule has 1 saturated heterocycles. The number of carbonyl (C=O) groups excluding carboxylic acids is 1. The van der Waals surface area contributed by atoms with E-state index >= 15 is 0 Å². The molecule has 1 aromatic carbocycles. The van der Waals surface area contributed by atoms with Gasteiger partial charge >= 0.3 is 0 Å². The van der Waals surface area contributed by atoms with Crippen LogP contribution in [0.15, 0.2) is 24.3 Å². The van der Waals surface area contributed by atoms with Crippen LogP contribution in [-0.2, 0) is 44.8 Å². The first-order valence-corrected chi connectivity index (χ1v) is 12.1. The number of amides is 1. The Labute approximate surface area is 182 Å². The van der Waals surface area contributed by atoms with Gasteiger partial charge in [0.25, 0.3) is 5.91 Å². The Morgan fingerprint density at radius 1 is 1.13 bits per heavy atom. The molecule has 0 unspecified atom stereocenters. The topological polar surface area (TPSA) is 103 Å². The van der Waals surface area contributed by atoms with Gasteiger partial charge in [-0.15, -0.1) is 0 Å². The largest absolute Gasteiger partial charge is 0.378 e.